The number of anilines is 2. The molecule has 0 aliphatic carbocycles. The van der Waals surface area contributed by atoms with Crippen LogP contribution in [0.4, 0.5) is 11.9 Å². The van der Waals surface area contributed by atoms with Crippen LogP contribution in [0.25, 0.3) is 5.95 Å². The summed E-state index contributed by atoms with van der Waals surface area (Å²) < 4.78 is 1.77. The molecule has 3 heterocycles. The lowest BCUT2D eigenvalue weighted by molar-refractivity contribution is 0.755. The molecule has 0 spiro atoms. The molecule has 1 saturated heterocycles. The number of hydrogen-bond donors (Lipinski definition) is 1. The van der Waals surface area contributed by atoms with Crippen molar-refractivity contribution in [3.63, 3.8) is 0 Å². The summed E-state index contributed by atoms with van der Waals surface area (Å²) in [6.07, 6.45) is 3.28. The molecule has 3 rings (SSSR count). The van der Waals surface area contributed by atoms with Gasteiger partial charge >= 0.3 is 0 Å². The van der Waals surface area contributed by atoms with Gasteiger partial charge in [0.1, 0.15) is 0 Å². The summed E-state index contributed by atoms with van der Waals surface area (Å²) in [5.74, 6) is 1.40. The van der Waals surface area contributed by atoms with Crippen LogP contribution in [0.5, 0.6) is 0 Å². The van der Waals surface area contributed by atoms with Crippen molar-refractivity contribution in [2.75, 3.05) is 23.7 Å². The smallest absolute Gasteiger partial charge is 0.257 e. The van der Waals surface area contributed by atoms with Crippen LogP contribution in [-0.2, 0) is 6.42 Å². The van der Waals surface area contributed by atoms with Crippen molar-refractivity contribution in [2.24, 2.45) is 0 Å². The molecule has 1 aliphatic heterocycles. The number of hydrogen-bond acceptors (Lipinski definition) is 6. The first-order valence-electron chi connectivity index (χ1n) is 7.42. The molecule has 21 heavy (non-hydrogen) atoms. The molecular formula is C14H21N7. The van der Waals surface area contributed by atoms with Crippen LogP contribution in [0.3, 0.4) is 0 Å². The zero-order chi connectivity index (χ0) is 15.0. The molecule has 1 aliphatic rings. The average Bonchev–Trinajstić information content (AvgIpc) is 3.07. The standard InChI is InChI=1S/C14H21N7/c1-4-11-9(2)19-21(10(11)3)14-17-12(15)16-13(18-14)20-7-5-6-8-20/h4-8H2,1-3H3,(H2,15,16,17,18). The van der Waals surface area contributed by atoms with Crippen molar-refractivity contribution < 1.29 is 0 Å². The predicted molar refractivity (Wildman–Crippen MR) is 81.7 cm³/mol. The fraction of sp³-hybridized carbons (Fsp3) is 0.571. The molecule has 2 N–H and O–H groups in total. The Morgan fingerprint density at radius 2 is 1.71 bits per heavy atom. The predicted octanol–water partition coefficient (Wildman–Crippen LogP) is 1.42. The minimum Gasteiger partial charge on any atom is -0.368 e. The average molecular weight is 287 g/mol. The number of rotatable bonds is 3. The van der Waals surface area contributed by atoms with Gasteiger partial charge in [0.15, 0.2) is 0 Å². The molecule has 0 radical (unpaired) electrons. The first-order chi connectivity index (χ1) is 10.1. The van der Waals surface area contributed by atoms with Gasteiger partial charge in [-0.25, -0.2) is 4.68 Å². The van der Waals surface area contributed by atoms with Crippen molar-refractivity contribution in [1.82, 2.24) is 24.7 Å². The molecule has 0 saturated carbocycles. The first-order valence-corrected chi connectivity index (χ1v) is 7.42. The Bertz CT molecular complexity index is 656. The summed E-state index contributed by atoms with van der Waals surface area (Å²) in [6, 6.07) is 0. The summed E-state index contributed by atoms with van der Waals surface area (Å²) in [5.41, 5.74) is 9.17. The van der Waals surface area contributed by atoms with Gasteiger partial charge in [-0.15, -0.1) is 0 Å². The molecule has 7 heteroatoms. The van der Waals surface area contributed by atoms with Crippen LogP contribution in [0, 0.1) is 13.8 Å². The van der Waals surface area contributed by atoms with E-state index in [0.717, 1.165) is 30.9 Å². The van der Waals surface area contributed by atoms with Gasteiger partial charge in [0.2, 0.25) is 11.9 Å². The normalized spacial score (nSPS) is 14.9. The molecular weight excluding hydrogens is 266 g/mol. The number of aryl methyl sites for hydroxylation is 1. The van der Waals surface area contributed by atoms with Gasteiger partial charge < -0.3 is 10.6 Å². The van der Waals surface area contributed by atoms with Crippen LogP contribution >= 0.6 is 0 Å². The van der Waals surface area contributed by atoms with Crippen LogP contribution in [0.15, 0.2) is 0 Å². The zero-order valence-electron chi connectivity index (χ0n) is 12.8. The largest absolute Gasteiger partial charge is 0.368 e. The van der Waals surface area contributed by atoms with Gasteiger partial charge in [-0.05, 0) is 38.7 Å². The molecule has 1 fully saturated rings. The van der Waals surface area contributed by atoms with Crippen molar-refractivity contribution >= 4 is 11.9 Å². The molecule has 0 unspecified atom stereocenters. The van der Waals surface area contributed by atoms with E-state index in [2.05, 4.69) is 31.9 Å². The lowest BCUT2D eigenvalue weighted by Crippen LogP contribution is -2.22. The fourth-order valence-corrected chi connectivity index (χ4v) is 2.90. The van der Waals surface area contributed by atoms with Crippen molar-refractivity contribution in [3.8, 4) is 5.95 Å². The van der Waals surface area contributed by atoms with Crippen molar-refractivity contribution in [2.45, 2.75) is 40.0 Å². The quantitative estimate of drug-likeness (QED) is 0.919. The third-order valence-electron chi connectivity index (χ3n) is 4.00. The molecule has 2 aromatic rings. The first kappa shape index (κ1) is 13.8. The molecule has 0 bridgehead atoms. The third-order valence-corrected chi connectivity index (χ3v) is 4.00. The summed E-state index contributed by atoms with van der Waals surface area (Å²) in [7, 11) is 0. The van der Waals surface area contributed by atoms with Gasteiger partial charge in [-0.2, -0.15) is 20.1 Å². The molecule has 7 nitrogen and oxygen atoms in total. The molecule has 2 aromatic heterocycles. The SMILES string of the molecule is CCc1c(C)nn(-c2nc(N)nc(N3CCCC3)n2)c1C. The van der Waals surface area contributed by atoms with E-state index in [0.29, 0.717) is 11.9 Å². The van der Waals surface area contributed by atoms with Gasteiger partial charge in [0.05, 0.1) is 5.69 Å². The van der Waals surface area contributed by atoms with Crippen molar-refractivity contribution in [1.29, 1.82) is 0 Å². The van der Waals surface area contributed by atoms with Crippen molar-refractivity contribution in [3.05, 3.63) is 17.0 Å². The zero-order valence-corrected chi connectivity index (χ0v) is 12.8. The van der Waals surface area contributed by atoms with Gasteiger partial charge in [-0.3, -0.25) is 0 Å². The van der Waals surface area contributed by atoms with E-state index in [4.69, 9.17) is 5.73 Å². The highest BCUT2D eigenvalue weighted by atomic mass is 15.4. The lowest BCUT2D eigenvalue weighted by atomic mass is 10.1. The monoisotopic (exact) mass is 287 g/mol. The Morgan fingerprint density at radius 3 is 2.33 bits per heavy atom. The highest BCUT2D eigenvalue weighted by Gasteiger charge is 2.19. The Labute approximate surface area is 124 Å². The highest BCUT2D eigenvalue weighted by Crippen LogP contribution is 2.20. The van der Waals surface area contributed by atoms with E-state index < -0.39 is 0 Å². The second-order valence-electron chi connectivity index (χ2n) is 5.40. The second-order valence-corrected chi connectivity index (χ2v) is 5.40. The van der Waals surface area contributed by atoms with E-state index in [1.165, 1.54) is 18.4 Å². The molecule has 0 aromatic carbocycles. The van der Waals surface area contributed by atoms with Crippen LogP contribution < -0.4 is 10.6 Å². The van der Waals surface area contributed by atoms with E-state index in [-0.39, 0.29) is 5.95 Å². The number of nitrogens with two attached hydrogens (primary N) is 1. The lowest BCUT2D eigenvalue weighted by Gasteiger charge is -2.15. The molecule has 0 atom stereocenters. The summed E-state index contributed by atoms with van der Waals surface area (Å²) in [4.78, 5) is 15.2. The van der Waals surface area contributed by atoms with Crippen LogP contribution in [0.1, 0.15) is 36.7 Å². The Morgan fingerprint density at radius 1 is 1.05 bits per heavy atom. The summed E-state index contributed by atoms with van der Waals surface area (Å²) >= 11 is 0. The Kier molecular flexibility index (Phi) is 3.48. The Hall–Kier alpha value is -2.18. The van der Waals surface area contributed by atoms with Gasteiger partial charge in [0, 0.05) is 18.8 Å². The van der Waals surface area contributed by atoms with E-state index >= 15 is 0 Å². The van der Waals surface area contributed by atoms with Crippen LogP contribution in [0.2, 0.25) is 0 Å². The summed E-state index contributed by atoms with van der Waals surface area (Å²) in [6.45, 7) is 8.11. The van der Waals surface area contributed by atoms with Crippen LogP contribution in [-0.4, -0.2) is 37.8 Å². The minimum atomic E-state index is 0.243. The topological polar surface area (TPSA) is 85.8 Å². The fourth-order valence-electron chi connectivity index (χ4n) is 2.90. The van der Waals surface area contributed by atoms with Gasteiger partial charge in [0.25, 0.3) is 5.95 Å². The maximum Gasteiger partial charge on any atom is 0.257 e. The maximum atomic E-state index is 5.86. The number of nitrogen functional groups attached to an aromatic ring is 1. The van der Waals surface area contributed by atoms with E-state index in [9.17, 15) is 0 Å². The Balaban J connectivity index is 2.06. The van der Waals surface area contributed by atoms with E-state index in [1.54, 1.807) is 4.68 Å². The minimum absolute atomic E-state index is 0.243. The second kappa shape index (κ2) is 5.31. The maximum absolute atomic E-state index is 5.86. The number of aromatic nitrogens is 5. The highest BCUT2D eigenvalue weighted by molar-refractivity contribution is 5.40. The number of nitrogens with zero attached hydrogens (tertiary/aromatic N) is 6. The summed E-state index contributed by atoms with van der Waals surface area (Å²) in [5, 5.41) is 4.55. The van der Waals surface area contributed by atoms with E-state index in [1.807, 2.05) is 13.8 Å². The third kappa shape index (κ3) is 2.43. The molecule has 0 amide bonds. The van der Waals surface area contributed by atoms with Gasteiger partial charge in [-0.1, -0.05) is 6.92 Å². The molecule has 112 valence electrons.